The minimum absolute atomic E-state index is 0.0774. The summed E-state index contributed by atoms with van der Waals surface area (Å²) in [6, 6.07) is 8.08. The van der Waals surface area contributed by atoms with Crippen LogP contribution >= 0.6 is 0 Å². The Hall–Kier alpha value is -2.15. The van der Waals surface area contributed by atoms with Crippen LogP contribution in [0.1, 0.15) is 23.3 Å². The molecular formula is C18H20FNO4S. The molecule has 0 N–H and O–H groups in total. The molecule has 1 fully saturated rings. The van der Waals surface area contributed by atoms with Gasteiger partial charge in [0.15, 0.2) is 9.84 Å². The van der Waals surface area contributed by atoms with E-state index in [2.05, 4.69) is 0 Å². The summed E-state index contributed by atoms with van der Waals surface area (Å²) in [7, 11) is -3.32. The van der Waals surface area contributed by atoms with E-state index in [1.165, 1.54) is 12.3 Å². The van der Waals surface area contributed by atoms with Gasteiger partial charge in [0.2, 0.25) is 5.91 Å². The minimum Gasteiger partial charge on any atom is -0.468 e. The molecule has 3 rings (SSSR count). The number of sulfone groups is 1. The first kappa shape index (κ1) is 17.7. The van der Waals surface area contributed by atoms with Crippen molar-refractivity contribution in [2.45, 2.75) is 30.8 Å². The van der Waals surface area contributed by atoms with Crippen LogP contribution in [0.2, 0.25) is 0 Å². The molecule has 0 atom stereocenters. The van der Waals surface area contributed by atoms with E-state index in [0.29, 0.717) is 17.7 Å². The van der Waals surface area contributed by atoms with Crippen molar-refractivity contribution in [3.8, 4) is 0 Å². The number of amides is 1. The van der Waals surface area contributed by atoms with Gasteiger partial charge in [-0.15, -0.1) is 0 Å². The van der Waals surface area contributed by atoms with Crippen molar-refractivity contribution in [2.75, 3.05) is 13.1 Å². The monoisotopic (exact) mass is 365 g/mol. The van der Waals surface area contributed by atoms with Crippen LogP contribution in [0, 0.1) is 12.7 Å². The number of carbonyl (C=O) groups excluding carboxylic acids is 1. The van der Waals surface area contributed by atoms with Gasteiger partial charge in [0.05, 0.1) is 11.5 Å². The van der Waals surface area contributed by atoms with Crippen molar-refractivity contribution in [2.24, 2.45) is 0 Å². The zero-order valence-corrected chi connectivity index (χ0v) is 14.8. The quantitative estimate of drug-likeness (QED) is 0.789. The summed E-state index contributed by atoms with van der Waals surface area (Å²) < 4.78 is 42.8. The maximum atomic E-state index is 13.2. The van der Waals surface area contributed by atoms with Gasteiger partial charge in [0.1, 0.15) is 17.3 Å². The van der Waals surface area contributed by atoms with Crippen LogP contribution in [0.25, 0.3) is 0 Å². The summed E-state index contributed by atoms with van der Waals surface area (Å²) in [5.74, 6) is -0.0630. The molecule has 0 aliphatic carbocycles. The molecule has 7 heteroatoms. The maximum absolute atomic E-state index is 13.2. The van der Waals surface area contributed by atoms with Gasteiger partial charge in [0, 0.05) is 19.5 Å². The van der Waals surface area contributed by atoms with Gasteiger partial charge >= 0.3 is 0 Å². The van der Waals surface area contributed by atoms with Crippen LogP contribution in [0.15, 0.2) is 41.0 Å². The third kappa shape index (κ3) is 4.10. The average Bonchev–Trinajstić information content (AvgIpc) is 2.98. The Bertz CT molecular complexity index is 855. The molecule has 1 aromatic carbocycles. The second-order valence-corrected chi connectivity index (χ2v) is 8.67. The molecule has 1 aliphatic heterocycles. The molecule has 2 aromatic rings. The highest BCUT2D eigenvalue weighted by Gasteiger charge is 2.39. The highest BCUT2D eigenvalue weighted by atomic mass is 32.2. The lowest BCUT2D eigenvalue weighted by Gasteiger charge is -2.38. The predicted octanol–water partition coefficient (Wildman–Crippen LogP) is 2.49. The van der Waals surface area contributed by atoms with E-state index in [1.54, 1.807) is 36.1 Å². The van der Waals surface area contributed by atoms with Gasteiger partial charge in [-0.2, -0.15) is 0 Å². The van der Waals surface area contributed by atoms with E-state index in [4.69, 9.17) is 4.42 Å². The lowest BCUT2D eigenvalue weighted by molar-refractivity contribution is -0.134. The number of nitrogens with zero attached hydrogens (tertiary/aromatic N) is 1. The Balaban J connectivity index is 1.48. The maximum Gasteiger partial charge on any atom is 0.222 e. The zero-order chi connectivity index (χ0) is 18.0. The predicted molar refractivity (Wildman–Crippen MR) is 91.2 cm³/mol. The molecule has 0 bridgehead atoms. The molecule has 1 amide bonds. The fourth-order valence-electron chi connectivity index (χ4n) is 2.85. The topological polar surface area (TPSA) is 67.6 Å². The standard InChI is InChI=1S/C18H20FNO4S/c1-13-9-14(4-6-17(13)19)5-7-18(21)20-10-16(11-20)25(22,23)12-15-3-2-8-24-15/h2-4,6,8-9,16H,5,7,10-12H2,1H3. The van der Waals surface area contributed by atoms with Crippen molar-refractivity contribution in [3.05, 3.63) is 59.3 Å². The van der Waals surface area contributed by atoms with Crippen LogP contribution in [-0.4, -0.2) is 37.6 Å². The summed E-state index contributed by atoms with van der Waals surface area (Å²) in [4.78, 5) is 13.7. The Morgan fingerprint density at radius 1 is 1.32 bits per heavy atom. The number of hydrogen-bond donors (Lipinski definition) is 0. The smallest absolute Gasteiger partial charge is 0.222 e. The number of benzene rings is 1. The number of carbonyl (C=O) groups is 1. The molecule has 25 heavy (non-hydrogen) atoms. The van der Waals surface area contributed by atoms with E-state index < -0.39 is 15.1 Å². The molecule has 0 saturated carbocycles. The highest BCUT2D eigenvalue weighted by molar-refractivity contribution is 7.91. The molecule has 134 valence electrons. The average molecular weight is 365 g/mol. The number of aryl methyl sites for hydroxylation is 2. The van der Waals surface area contributed by atoms with Gasteiger partial charge in [-0.1, -0.05) is 12.1 Å². The Morgan fingerprint density at radius 3 is 2.72 bits per heavy atom. The van der Waals surface area contributed by atoms with Crippen LogP contribution in [-0.2, 0) is 26.8 Å². The number of halogens is 1. The summed E-state index contributed by atoms with van der Waals surface area (Å²) in [6.07, 6.45) is 2.24. The Kier molecular flexibility index (Phi) is 4.94. The fraction of sp³-hybridized carbons (Fsp3) is 0.389. The minimum atomic E-state index is -3.32. The third-order valence-corrected chi connectivity index (χ3v) is 6.48. The molecular weight excluding hydrogens is 345 g/mol. The van der Waals surface area contributed by atoms with Crippen molar-refractivity contribution in [1.29, 1.82) is 0 Å². The first-order valence-corrected chi connectivity index (χ1v) is 9.83. The summed E-state index contributed by atoms with van der Waals surface area (Å²) in [6.45, 7) is 2.14. The molecule has 1 saturated heterocycles. The number of likely N-dealkylation sites (tertiary alicyclic amines) is 1. The van der Waals surface area contributed by atoms with Gasteiger partial charge in [-0.3, -0.25) is 4.79 Å². The van der Waals surface area contributed by atoms with Crippen molar-refractivity contribution in [3.63, 3.8) is 0 Å². The van der Waals surface area contributed by atoms with Crippen LogP contribution in [0.3, 0.4) is 0 Å². The van der Waals surface area contributed by atoms with Gasteiger partial charge in [-0.25, -0.2) is 12.8 Å². The van der Waals surface area contributed by atoms with E-state index in [0.717, 1.165) is 5.56 Å². The summed E-state index contributed by atoms with van der Waals surface area (Å²) >= 11 is 0. The van der Waals surface area contributed by atoms with Crippen molar-refractivity contribution >= 4 is 15.7 Å². The molecule has 0 spiro atoms. The molecule has 0 radical (unpaired) electrons. The SMILES string of the molecule is Cc1cc(CCC(=O)N2CC(S(=O)(=O)Cc3ccco3)C2)ccc1F. The largest absolute Gasteiger partial charge is 0.468 e. The normalized spacial score (nSPS) is 15.2. The van der Waals surface area contributed by atoms with Crippen LogP contribution in [0.4, 0.5) is 4.39 Å². The lowest BCUT2D eigenvalue weighted by atomic mass is 10.1. The molecule has 1 aromatic heterocycles. The van der Waals surface area contributed by atoms with Crippen LogP contribution < -0.4 is 0 Å². The second-order valence-electron chi connectivity index (χ2n) is 6.39. The van der Waals surface area contributed by atoms with Gasteiger partial charge < -0.3 is 9.32 Å². The molecule has 0 unspecified atom stereocenters. The van der Waals surface area contributed by atoms with E-state index in [9.17, 15) is 17.6 Å². The fourth-order valence-corrected chi connectivity index (χ4v) is 4.46. The lowest BCUT2D eigenvalue weighted by Crippen LogP contribution is -2.57. The first-order chi connectivity index (χ1) is 11.8. The first-order valence-electron chi connectivity index (χ1n) is 8.12. The number of hydrogen-bond acceptors (Lipinski definition) is 4. The number of rotatable bonds is 6. The summed E-state index contributed by atoms with van der Waals surface area (Å²) in [5, 5.41) is -0.533. The Morgan fingerprint density at radius 2 is 2.08 bits per heavy atom. The highest BCUT2D eigenvalue weighted by Crippen LogP contribution is 2.22. The van der Waals surface area contributed by atoms with Crippen LogP contribution in [0.5, 0.6) is 0 Å². The van der Waals surface area contributed by atoms with Gasteiger partial charge in [0.25, 0.3) is 0 Å². The van der Waals surface area contributed by atoms with Gasteiger partial charge in [-0.05, 0) is 42.7 Å². The van der Waals surface area contributed by atoms with E-state index >= 15 is 0 Å². The number of furan rings is 1. The molecule has 1 aliphatic rings. The molecule has 2 heterocycles. The van der Waals surface area contributed by atoms with E-state index in [-0.39, 0.29) is 37.0 Å². The third-order valence-electron chi connectivity index (χ3n) is 4.48. The Labute approximate surface area is 146 Å². The zero-order valence-electron chi connectivity index (χ0n) is 13.9. The molecule has 5 nitrogen and oxygen atoms in total. The van der Waals surface area contributed by atoms with Crippen molar-refractivity contribution < 1.29 is 22.0 Å². The van der Waals surface area contributed by atoms with Crippen molar-refractivity contribution in [1.82, 2.24) is 4.90 Å². The van der Waals surface area contributed by atoms with E-state index in [1.807, 2.05) is 0 Å². The summed E-state index contributed by atoms with van der Waals surface area (Å²) in [5.41, 5.74) is 1.45. The second kappa shape index (κ2) is 7.00.